The van der Waals surface area contributed by atoms with Crippen molar-refractivity contribution in [1.82, 2.24) is 4.90 Å². The third-order valence-corrected chi connectivity index (χ3v) is 2.23. The van der Waals surface area contributed by atoms with Crippen molar-refractivity contribution in [3.63, 3.8) is 0 Å². The first kappa shape index (κ1) is 13.5. The number of hydrogen-bond acceptors (Lipinski definition) is 3. The van der Waals surface area contributed by atoms with Crippen molar-refractivity contribution in [2.45, 2.75) is 19.8 Å². The summed E-state index contributed by atoms with van der Waals surface area (Å²) in [6.45, 7) is 4.04. The molecule has 0 N–H and O–H groups in total. The van der Waals surface area contributed by atoms with Gasteiger partial charge in [-0.3, -0.25) is 0 Å². The summed E-state index contributed by atoms with van der Waals surface area (Å²) in [6.07, 6.45) is 5.92. The molecule has 1 fully saturated rings. The van der Waals surface area contributed by atoms with E-state index in [1.807, 2.05) is 13.0 Å². The van der Waals surface area contributed by atoms with Crippen molar-refractivity contribution in [2.24, 2.45) is 0 Å². The Bertz CT molecular complexity index is 220. The quantitative estimate of drug-likeness (QED) is 0.288. The van der Waals surface area contributed by atoms with Crippen LogP contribution in [0, 0.1) is 0 Å². The van der Waals surface area contributed by atoms with Gasteiger partial charge in [-0.05, 0) is 33.0 Å². The summed E-state index contributed by atoms with van der Waals surface area (Å²) in [5, 5.41) is 11.0. The van der Waals surface area contributed by atoms with Crippen molar-refractivity contribution in [3.05, 3.63) is 23.8 Å². The zero-order valence-electron chi connectivity index (χ0n) is 9.25. The predicted molar refractivity (Wildman–Crippen MR) is 49.7 cm³/mol. The second kappa shape index (κ2) is 6.86. The van der Waals surface area contributed by atoms with E-state index in [4.69, 9.17) is 0 Å². The molecule has 3 nitrogen and oxygen atoms in total. The number of methoxy groups -OCH3 is 1. The number of nitrogens with zero attached hydrogens (tertiary/aromatic N) is 1. The largest absolute Gasteiger partial charge is 1.00 e. The summed E-state index contributed by atoms with van der Waals surface area (Å²) < 4.78 is 4.58. The van der Waals surface area contributed by atoms with Crippen LogP contribution >= 0.6 is 0 Å². The Morgan fingerprint density at radius 1 is 1.36 bits per heavy atom. The van der Waals surface area contributed by atoms with E-state index in [1.54, 1.807) is 6.08 Å². The standard InChI is InChI=1S/C10H17NO2.Li/c1-3-9(8-10(12)13-2)11-6-4-5-7-11;/h3,8,12H,4-7H2,1-2H3;/q;+1/p-1/b9-3-,10-8+;. The molecule has 1 aliphatic rings. The van der Waals surface area contributed by atoms with Crippen molar-refractivity contribution in [2.75, 3.05) is 20.2 Å². The smallest absolute Gasteiger partial charge is 0.616 e. The van der Waals surface area contributed by atoms with Crippen molar-refractivity contribution in [3.8, 4) is 0 Å². The van der Waals surface area contributed by atoms with Gasteiger partial charge in [-0.15, -0.1) is 0 Å². The third-order valence-electron chi connectivity index (χ3n) is 2.23. The minimum Gasteiger partial charge on any atom is -0.616 e. The molecule has 0 radical (unpaired) electrons. The van der Waals surface area contributed by atoms with Gasteiger partial charge in [-0.1, -0.05) is 6.08 Å². The molecule has 1 heterocycles. The maximum atomic E-state index is 11.0. The van der Waals surface area contributed by atoms with Crippen LogP contribution in [0.3, 0.4) is 0 Å². The second-order valence-corrected chi connectivity index (χ2v) is 3.08. The van der Waals surface area contributed by atoms with Gasteiger partial charge in [0.2, 0.25) is 0 Å². The molecule has 0 aromatic rings. The summed E-state index contributed by atoms with van der Waals surface area (Å²) in [6, 6.07) is 0. The Morgan fingerprint density at radius 2 is 1.93 bits per heavy atom. The summed E-state index contributed by atoms with van der Waals surface area (Å²) in [4.78, 5) is 2.21. The molecule has 14 heavy (non-hydrogen) atoms. The van der Waals surface area contributed by atoms with Gasteiger partial charge in [0, 0.05) is 18.8 Å². The van der Waals surface area contributed by atoms with Gasteiger partial charge in [-0.2, -0.15) is 0 Å². The van der Waals surface area contributed by atoms with Crippen LogP contribution in [-0.2, 0) is 4.74 Å². The minimum atomic E-state index is -0.278. The summed E-state index contributed by atoms with van der Waals surface area (Å²) in [5.74, 6) is -0.278. The molecule has 1 saturated heterocycles. The van der Waals surface area contributed by atoms with Crippen LogP contribution in [0.5, 0.6) is 0 Å². The van der Waals surface area contributed by atoms with E-state index >= 15 is 0 Å². The topological polar surface area (TPSA) is 35.5 Å². The van der Waals surface area contributed by atoms with E-state index in [9.17, 15) is 5.11 Å². The molecule has 74 valence electrons. The molecular weight excluding hydrogens is 173 g/mol. The van der Waals surface area contributed by atoms with Crippen molar-refractivity contribution >= 4 is 0 Å². The first-order valence-corrected chi connectivity index (χ1v) is 4.62. The summed E-state index contributed by atoms with van der Waals surface area (Å²) in [7, 11) is 1.40. The molecule has 0 unspecified atom stereocenters. The van der Waals surface area contributed by atoms with Gasteiger partial charge in [0.05, 0.1) is 5.95 Å². The number of allylic oxidation sites excluding steroid dienone is 2. The average Bonchev–Trinajstić information content (AvgIpc) is 2.66. The predicted octanol–water partition coefficient (Wildman–Crippen LogP) is -2.16. The maximum absolute atomic E-state index is 11.0. The summed E-state index contributed by atoms with van der Waals surface area (Å²) >= 11 is 0. The Labute approximate surface area is 97.6 Å². The molecule has 0 atom stereocenters. The van der Waals surface area contributed by atoms with Gasteiger partial charge in [-0.25, -0.2) is 0 Å². The molecule has 0 spiro atoms. The van der Waals surface area contributed by atoms with E-state index in [0.29, 0.717) is 0 Å². The maximum Gasteiger partial charge on any atom is 1.00 e. The Kier molecular flexibility index (Phi) is 6.61. The number of likely N-dealkylation sites (tertiary alicyclic amines) is 1. The minimum absolute atomic E-state index is 0. The molecular formula is C10H16LiNO2. The summed E-state index contributed by atoms with van der Waals surface area (Å²) in [5.41, 5.74) is 0.976. The van der Waals surface area contributed by atoms with Crippen molar-refractivity contribution in [1.29, 1.82) is 0 Å². The van der Waals surface area contributed by atoms with Crippen LogP contribution in [0.25, 0.3) is 0 Å². The number of rotatable bonds is 3. The van der Waals surface area contributed by atoms with E-state index in [2.05, 4.69) is 9.64 Å². The molecule has 0 aliphatic carbocycles. The zero-order chi connectivity index (χ0) is 9.68. The van der Waals surface area contributed by atoms with E-state index in [-0.39, 0.29) is 24.8 Å². The number of ether oxygens (including phenoxy) is 1. The van der Waals surface area contributed by atoms with Crippen LogP contribution in [0.15, 0.2) is 23.8 Å². The van der Waals surface area contributed by atoms with Crippen molar-refractivity contribution < 1.29 is 28.7 Å². The normalized spacial score (nSPS) is 18.0. The SMILES string of the molecule is C/C=C(/C=C(\[O-])OC)N1CCCC1.[Li+]. The van der Waals surface area contributed by atoms with Gasteiger partial charge in [0.15, 0.2) is 0 Å². The first-order valence-electron chi connectivity index (χ1n) is 4.62. The Balaban J connectivity index is 0.00000169. The van der Waals surface area contributed by atoms with Gasteiger partial charge >= 0.3 is 18.9 Å². The van der Waals surface area contributed by atoms with Crippen LogP contribution in [0.2, 0.25) is 0 Å². The zero-order valence-corrected chi connectivity index (χ0v) is 9.25. The second-order valence-electron chi connectivity index (χ2n) is 3.08. The molecule has 0 bridgehead atoms. The third kappa shape index (κ3) is 3.69. The average molecular weight is 189 g/mol. The van der Waals surface area contributed by atoms with Crippen LogP contribution in [0.4, 0.5) is 0 Å². The van der Waals surface area contributed by atoms with Gasteiger partial charge in [0.1, 0.15) is 0 Å². The van der Waals surface area contributed by atoms with Crippen LogP contribution in [0.1, 0.15) is 19.8 Å². The fourth-order valence-corrected chi connectivity index (χ4v) is 1.51. The first-order chi connectivity index (χ1) is 6.27. The van der Waals surface area contributed by atoms with Gasteiger partial charge in [0.25, 0.3) is 0 Å². The van der Waals surface area contributed by atoms with E-state index in [0.717, 1.165) is 18.8 Å². The molecule has 4 heteroatoms. The Hall–Kier alpha value is -0.523. The molecule has 1 rings (SSSR count). The Morgan fingerprint density at radius 3 is 2.36 bits per heavy atom. The molecule has 0 saturated carbocycles. The van der Waals surface area contributed by atoms with E-state index in [1.165, 1.54) is 20.0 Å². The molecule has 0 aromatic carbocycles. The van der Waals surface area contributed by atoms with Crippen LogP contribution in [-0.4, -0.2) is 25.1 Å². The van der Waals surface area contributed by atoms with Gasteiger partial charge < -0.3 is 14.7 Å². The molecule has 0 amide bonds. The monoisotopic (exact) mass is 189 g/mol. The number of hydrogen-bond donors (Lipinski definition) is 0. The fourth-order valence-electron chi connectivity index (χ4n) is 1.51. The molecule has 1 aliphatic heterocycles. The van der Waals surface area contributed by atoms with Crippen LogP contribution < -0.4 is 24.0 Å². The fraction of sp³-hybridized carbons (Fsp3) is 0.600. The van der Waals surface area contributed by atoms with E-state index < -0.39 is 0 Å². The molecule has 0 aromatic heterocycles.